The standard InChI is InChI=1S/C17H16F2N4OS/c1-10-7-11(2)23(22-10)6-5-16(24)21-17-20-15(9-25-17)12-3-4-13(18)14(19)8-12/h3-4,7-9H,5-6H2,1-2H3,(H,20,21,24). The highest BCUT2D eigenvalue weighted by atomic mass is 32.1. The minimum atomic E-state index is -0.930. The molecule has 2 aromatic heterocycles. The average molecular weight is 362 g/mol. The topological polar surface area (TPSA) is 59.8 Å². The molecule has 1 N–H and O–H groups in total. The van der Waals surface area contributed by atoms with Crippen LogP contribution < -0.4 is 5.32 Å². The molecule has 130 valence electrons. The molecular weight excluding hydrogens is 346 g/mol. The summed E-state index contributed by atoms with van der Waals surface area (Å²) in [5, 5.41) is 9.12. The third kappa shape index (κ3) is 4.08. The first-order chi connectivity index (χ1) is 11.9. The third-order valence-electron chi connectivity index (χ3n) is 3.62. The van der Waals surface area contributed by atoms with E-state index in [1.807, 2.05) is 19.9 Å². The second-order valence-electron chi connectivity index (χ2n) is 5.62. The van der Waals surface area contributed by atoms with E-state index in [0.29, 0.717) is 22.9 Å². The zero-order valence-electron chi connectivity index (χ0n) is 13.7. The largest absolute Gasteiger partial charge is 0.302 e. The van der Waals surface area contributed by atoms with Crippen molar-refractivity contribution in [2.24, 2.45) is 0 Å². The number of carbonyl (C=O) groups excluding carboxylic acids is 1. The Balaban J connectivity index is 1.61. The predicted octanol–water partition coefficient (Wildman–Crippen LogP) is 3.93. The molecule has 0 aliphatic rings. The van der Waals surface area contributed by atoms with E-state index in [-0.39, 0.29) is 12.3 Å². The predicted molar refractivity (Wildman–Crippen MR) is 92.4 cm³/mol. The highest BCUT2D eigenvalue weighted by Gasteiger charge is 2.11. The molecule has 8 heteroatoms. The van der Waals surface area contributed by atoms with E-state index in [2.05, 4.69) is 15.4 Å². The summed E-state index contributed by atoms with van der Waals surface area (Å²) in [5.41, 5.74) is 2.85. The fourth-order valence-corrected chi connectivity index (χ4v) is 3.15. The summed E-state index contributed by atoms with van der Waals surface area (Å²) in [5.74, 6) is -2.02. The number of carbonyl (C=O) groups is 1. The Hall–Kier alpha value is -2.61. The van der Waals surface area contributed by atoms with Crippen molar-refractivity contribution >= 4 is 22.4 Å². The van der Waals surface area contributed by atoms with Gasteiger partial charge in [-0.1, -0.05) is 0 Å². The molecule has 25 heavy (non-hydrogen) atoms. The molecule has 0 saturated carbocycles. The van der Waals surface area contributed by atoms with Gasteiger partial charge in [-0.25, -0.2) is 13.8 Å². The van der Waals surface area contributed by atoms with Crippen LogP contribution in [0.4, 0.5) is 13.9 Å². The zero-order valence-corrected chi connectivity index (χ0v) is 14.5. The first kappa shape index (κ1) is 17.2. The van der Waals surface area contributed by atoms with Crippen LogP contribution in [0.5, 0.6) is 0 Å². The number of thiazole rings is 1. The summed E-state index contributed by atoms with van der Waals surface area (Å²) in [6.07, 6.45) is 0.266. The number of nitrogens with zero attached hydrogens (tertiary/aromatic N) is 3. The van der Waals surface area contributed by atoms with Gasteiger partial charge in [0.2, 0.25) is 5.91 Å². The summed E-state index contributed by atoms with van der Waals surface area (Å²) < 4.78 is 28.1. The van der Waals surface area contributed by atoms with Crippen LogP contribution in [0.3, 0.4) is 0 Å². The summed E-state index contributed by atoms with van der Waals surface area (Å²) in [6, 6.07) is 5.53. The molecule has 3 rings (SSSR count). The molecule has 5 nitrogen and oxygen atoms in total. The second kappa shape index (κ2) is 7.10. The minimum absolute atomic E-state index is 0.182. The maximum absolute atomic E-state index is 13.3. The van der Waals surface area contributed by atoms with Gasteiger partial charge in [0.05, 0.1) is 11.4 Å². The van der Waals surface area contributed by atoms with Gasteiger partial charge in [0, 0.05) is 29.6 Å². The van der Waals surface area contributed by atoms with E-state index in [1.165, 1.54) is 17.4 Å². The van der Waals surface area contributed by atoms with Crippen molar-refractivity contribution in [1.29, 1.82) is 0 Å². The Kier molecular flexibility index (Phi) is 4.89. The normalized spacial score (nSPS) is 10.9. The van der Waals surface area contributed by atoms with Crippen LogP contribution in [0.2, 0.25) is 0 Å². The van der Waals surface area contributed by atoms with Gasteiger partial charge in [0.25, 0.3) is 0 Å². The Morgan fingerprint density at radius 2 is 2.04 bits per heavy atom. The Morgan fingerprint density at radius 1 is 1.24 bits per heavy atom. The molecular formula is C17H16F2N4OS. The average Bonchev–Trinajstić information content (AvgIpc) is 3.14. The number of hydrogen-bond donors (Lipinski definition) is 1. The van der Waals surface area contributed by atoms with Crippen LogP contribution in [0.15, 0.2) is 29.6 Å². The SMILES string of the molecule is Cc1cc(C)n(CCC(=O)Nc2nc(-c3ccc(F)c(F)c3)cs2)n1. The van der Waals surface area contributed by atoms with E-state index >= 15 is 0 Å². The molecule has 0 unspecified atom stereocenters. The Bertz CT molecular complexity index is 919. The molecule has 2 heterocycles. The van der Waals surface area contributed by atoms with Crippen LogP contribution >= 0.6 is 11.3 Å². The van der Waals surface area contributed by atoms with Gasteiger partial charge in [0.15, 0.2) is 16.8 Å². The number of rotatable bonds is 5. The molecule has 0 saturated heterocycles. The van der Waals surface area contributed by atoms with E-state index < -0.39 is 11.6 Å². The van der Waals surface area contributed by atoms with Crippen molar-refractivity contribution in [2.45, 2.75) is 26.8 Å². The smallest absolute Gasteiger partial charge is 0.228 e. The zero-order chi connectivity index (χ0) is 18.0. The number of aromatic nitrogens is 3. The molecule has 3 aromatic rings. The lowest BCUT2D eigenvalue weighted by molar-refractivity contribution is -0.116. The monoisotopic (exact) mass is 362 g/mol. The van der Waals surface area contributed by atoms with Crippen LogP contribution in [0.1, 0.15) is 17.8 Å². The van der Waals surface area contributed by atoms with E-state index in [9.17, 15) is 13.6 Å². The lowest BCUT2D eigenvalue weighted by atomic mass is 10.2. The van der Waals surface area contributed by atoms with Gasteiger partial charge in [-0.15, -0.1) is 11.3 Å². The highest BCUT2D eigenvalue weighted by Crippen LogP contribution is 2.26. The maximum Gasteiger partial charge on any atom is 0.228 e. The molecule has 1 amide bonds. The number of nitrogens with one attached hydrogen (secondary N) is 1. The van der Waals surface area contributed by atoms with E-state index in [4.69, 9.17) is 0 Å². The summed E-state index contributed by atoms with van der Waals surface area (Å²) >= 11 is 1.23. The Labute approximate surface area is 147 Å². The lowest BCUT2D eigenvalue weighted by Gasteiger charge is -2.04. The number of benzene rings is 1. The lowest BCUT2D eigenvalue weighted by Crippen LogP contribution is -2.15. The van der Waals surface area contributed by atoms with Crippen molar-refractivity contribution in [3.05, 3.63) is 52.7 Å². The number of amides is 1. The van der Waals surface area contributed by atoms with Gasteiger partial charge in [-0.2, -0.15) is 5.10 Å². The molecule has 0 fully saturated rings. The van der Waals surface area contributed by atoms with Crippen molar-refractivity contribution in [1.82, 2.24) is 14.8 Å². The van der Waals surface area contributed by atoms with Gasteiger partial charge in [-0.3, -0.25) is 9.48 Å². The van der Waals surface area contributed by atoms with Gasteiger partial charge in [-0.05, 0) is 38.1 Å². The molecule has 0 spiro atoms. The van der Waals surface area contributed by atoms with Crippen molar-refractivity contribution in [3.8, 4) is 11.3 Å². The summed E-state index contributed by atoms with van der Waals surface area (Å²) in [4.78, 5) is 16.3. The van der Waals surface area contributed by atoms with E-state index in [1.54, 1.807) is 10.1 Å². The molecule has 0 bridgehead atoms. The van der Waals surface area contributed by atoms with Crippen molar-refractivity contribution in [3.63, 3.8) is 0 Å². The molecule has 0 radical (unpaired) electrons. The molecule has 0 aliphatic carbocycles. The molecule has 1 aromatic carbocycles. The van der Waals surface area contributed by atoms with Crippen LogP contribution in [-0.4, -0.2) is 20.7 Å². The fourth-order valence-electron chi connectivity index (χ4n) is 2.41. The first-order valence-electron chi connectivity index (χ1n) is 7.64. The number of aryl methyl sites for hydroxylation is 3. The van der Waals surface area contributed by atoms with Crippen LogP contribution in [0.25, 0.3) is 11.3 Å². The van der Waals surface area contributed by atoms with Gasteiger partial charge >= 0.3 is 0 Å². The minimum Gasteiger partial charge on any atom is -0.302 e. The Morgan fingerprint density at radius 3 is 2.72 bits per heavy atom. The van der Waals surface area contributed by atoms with Crippen LogP contribution in [0, 0.1) is 25.5 Å². The summed E-state index contributed by atoms with van der Waals surface area (Å²) in [7, 11) is 0. The highest BCUT2D eigenvalue weighted by molar-refractivity contribution is 7.14. The quantitative estimate of drug-likeness (QED) is 0.748. The second-order valence-corrected chi connectivity index (χ2v) is 6.47. The fraction of sp³-hybridized carbons (Fsp3) is 0.235. The third-order valence-corrected chi connectivity index (χ3v) is 4.38. The van der Waals surface area contributed by atoms with Crippen molar-refractivity contribution in [2.75, 3.05) is 5.32 Å². The maximum atomic E-state index is 13.3. The number of halogens is 2. The van der Waals surface area contributed by atoms with Crippen LogP contribution in [-0.2, 0) is 11.3 Å². The number of hydrogen-bond acceptors (Lipinski definition) is 4. The number of anilines is 1. The first-order valence-corrected chi connectivity index (χ1v) is 8.52. The molecule has 0 aliphatic heterocycles. The van der Waals surface area contributed by atoms with Crippen molar-refractivity contribution < 1.29 is 13.6 Å². The molecule has 0 atom stereocenters. The van der Waals surface area contributed by atoms with Gasteiger partial charge in [0.1, 0.15) is 0 Å². The van der Waals surface area contributed by atoms with E-state index in [0.717, 1.165) is 23.5 Å². The summed E-state index contributed by atoms with van der Waals surface area (Å²) in [6.45, 7) is 4.32. The van der Waals surface area contributed by atoms with Gasteiger partial charge < -0.3 is 5.32 Å².